The number of aromatic nitrogens is 3. The van der Waals surface area contributed by atoms with Gasteiger partial charge in [0.15, 0.2) is 0 Å². The lowest BCUT2D eigenvalue weighted by Crippen LogP contribution is -2.29. The van der Waals surface area contributed by atoms with Crippen LogP contribution in [-0.2, 0) is 18.9 Å². The molecule has 30 heavy (non-hydrogen) atoms. The van der Waals surface area contributed by atoms with Crippen LogP contribution < -0.4 is 10.6 Å². The van der Waals surface area contributed by atoms with Crippen molar-refractivity contribution < 1.29 is 14.4 Å². The first kappa shape index (κ1) is 21.0. The Morgan fingerprint density at radius 2 is 1.93 bits per heavy atom. The van der Waals surface area contributed by atoms with E-state index >= 15 is 0 Å². The molecule has 0 aliphatic carbocycles. The number of nitrogens with zero attached hydrogens (tertiary/aromatic N) is 3. The molecule has 0 aliphatic heterocycles. The van der Waals surface area contributed by atoms with E-state index in [2.05, 4.69) is 21.7 Å². The van der Waals surface area contributed by atoms with Crippen molar-refractivity contribution in [1.29, 1.82) is 0 Å². The van der Waals surface area contributed by atoms with E-state index in [1.165, 1.54) is 0 Å². The van der Waals surface area contributed by atoms with Gasteiger partial charge in [-0.3, -0.25) is 24.4 Å². The monoisotopic (exact) mass is 405 g/mol. The third kappa shape index (κ3) is 3.75. The molecule has 0 bridgehead atoms. The maximum atomic E-state index is 13.0. The van der Waals surface area contributed by atoms with Gasteiger partial charge in [0, 0.05) is 30.9 Å². The summed E-state index contributed by atoms with van der Waals surface area (Å²) in [6.07, 6.45) is 6.86. The standard InChI is InChI=1S/C22H23N5O3/c1-6-9-23-12-18(28)21(29)19-13(2)20(26(4)14(19)3)22(30)25-16-7-8-17-15(10-16)11-24-27(17)5/h1,7-8,10-11,23H,9,12H2,2-5H3,(H,25,30). The Balaban J connectivity index is 1.87. The number of amides is 1. The second kappa shape index (κ2) is 8.35. The number of carbonyl (C=O) groups excluding carboxylic acids is 3. The molecule has 2 aromatic heterocycles. The van der Waals surface area contributed by atoms with Crippen molar-refractivity contribution in [2.45, 2.75) is 13.8 Å². The van der Waals surface area contributed by atoms with Gasteiger partial charge in [-0.05, 0) is 37.6 Å². The van der Waals surface area contributed by atoms with E-state index in [9.17, 15) is 14.4 Å². The highest BCUT2D eigenvalue weighted by atomic mass is 16.2. The van der Waals surface area contributed by atoms with E-state index in [1.54, 1.807) is 42.4 Å². The molecule has 1 aromatic carbocycles. The minimum absolute atomic E-state index is 0.149. The van der Waals surface area contributed by atoms with Crippen molar-refractivity contribution in [1.82, 2.24) is 19.7 Å². The number of ketones is 2. The quantitative estimate of drug-likeness (QED) is 0.270. The van der Waals surface area contributed by atoms with Crippen molar-refractivity contribution >= 4 is 34.1 Å². The molecule has 1 amide bonds. The van der Waals surface area contributed by atoms with Crippen LogP contribution in [0.15, 0.2) is 24.4 Å². The summed E-state index contributed by atoms with van der Waals surface area (Å²) in [6, 6.07) is 5.50. The number of carbonyl (C=O) groups is 3. The van der Waals surface area contributed by atoms with Crippen molar-refractivity contribution in [3.05, 3.63) is 46.9 Å². The number of Topliss-reactive ketones (excluding diaryl/α,β-unsaturated/α-hetero) is 2. The Bertz CT molecular complexity index is 1210. The summed E-state index contributed by atoms with van der Waals surface area (Å²) in [4.78, 5) is 37.9. The number of hydrogen-bond acceptors (Lipinski definition) is 5. The Morgan fingerprint density at radius 3 is 2.63 bits per heavy atom. The highest BCUT2D eigenvalue weighted by Gasteiger charge is 2.28. The Morgan fingerprint density at radius 1 is 1.20 bits per heavy atom. The van der Waals surface area contributed by atoms with Gasteiger partial charge in [0.2, 0.25) is 11.6 Å². The summed E-state index contributed by atoms with van der Waals surface area (Å²) in [7, 11) is 3.54. The number of terminal acetylenes is 1. The normalized spacial score (nSPS) is 10.8. The van der Waals surface area contributed by atoms with Gasteiger partial charge in [0.25, 0.3) is 5.91 Å². The third-order valence-electron chi connectivity index (χ3n) is 5.14. The summed E-state index contributed by atoms with van der Waals surface area (Å²) >= 11 is 0. The van der Waals surface area contributed by atoms with Gasteiger partial charge < -0.3 is 9.88 Å². The van der Waals surface area contributed by atoms with Gasteiger partial charge in [-0.15, -0.1) is 6.42 Å². The lowest BCUT2D eigenvalue weighted by molar-refractivity contribution is -0.114. The van der Waals surface area contributed by atoms with E-state index < -0.39 is 11.6 Å². The zero-order chi connectivity index (χ0) is 22.0. The zero-order valence-electron chi connectivity index (χ0n) is 17.4. The summed E-state index contributed by atoms with van der Waals surface area (Å²) in [5, 5.41) is 10.7. The molecule has 8 heteroatoms. The van der Waals surface area contributed by atoms with Gasteiger partial charge in [-0.25, -0.2) is 0 Å². The fourth-order valence-corrected chi connectivity index (χ4v) is 3.53. The second-order valence-corrected chi connectivity index (χ2v) is 7.05. The zero-order valence-corrected chi connectivity index (χ0v) is 17.4. The largest absolute Gasteiger partial charge is 0.343 e. The van der Waals surface area contributed by atoms with E-state index in [1.807, 2.05) is 19.2 Å². The number of aryl methyl sites for hydroxylation is 1. The Labute approximate surface area is 174 Å². The molecule has 0 spiro atoms. The maximum absolute atomic E-state index is 13.0. The van der Waals surface area contributed by atoms with Crippen LogP contribution in [0.2, 0.25) is 0 Å². The molecule has 0 atom stereocenters. The molecule has 0 radical (unpaired) electrons. The van der Waals surface area contributed by atoms with Crippen LogP contribution in [0, 0.1) is 26.2 Å². The number of hydrogen-bond donors (Lipinski definition) is 2. The Hall–Kier alpha value is -3.70. The van der Waals surface area contributed by atoms with Gasteiger partial charge in [0.05, 0.1) is 30.4 Å². The summed E-state index contributed by atoms with van der Waals surface area (Å²) in [6.45, 7) is 3.42. The van der Waals surface area contributed by atoms with Gasteiger partial charge in [-0.2, -0.15) is 5.10 Å². The number of rotatable bonds is 7. The molecule has 3 rings (SSSR count). The van der Waals surface area contributed by atoms with Crippen molar-refractivity contribution in [3.8, 4) is 12.3 Å². The molecule has 8 nitrogen and oxygen atoms in total. The van der Waals surface area contributed by atoms with Crippen LogP contribution >= 0.6 is 0 Å². The summed E-state index contributed by atoms with van der Waals surface area (Å²) in [5.74, 6) is 0.750. The first-order valence-electron chi connectivity index (χ1n) is 9.37. The molecule has 2 heterocycles. The van der Waals surface area contributed by atoms with E-state index in [-0.39, 0.29) is 24.6 Å². The van der Waals surface area contributed by atoms with Crippen LogP contribution in [0.1, 0.15) is 32.1 Å². The fourth-order valence-electron chi connectivity index (χ4n) is 3.53. The molecule has 0 fully saturated rings. The second-order valence-electron chi connectivity index (χ2n) is 7.05. The van der Waals surface area contributed by atoms with Gasteiger partial charge in [0.1, 0.15) is 5.69 Å². The number of fused-ring (bicyclic) bond motifs is 1. The smallest absolute Gasteiger partial charge is 0.272 e. The molecule has 2 N–H and O–H groups in total. The van der Waals surface area contributed by atoms with Gasteiger partial charge in [-0.1, -0.05) is 5.92 Å². The van der Waals surface area contributed by atoms with Crippen molar-refractivity contribution in [3.63, 3.8) is 0 Å². The van der Waals surface area contributed by atoms with E-state index in [4.69, 9.17) is 6.42 Å². The highest BCUT2D eigenvalue weighted by molar-refractivity contribution is 6.45. The molecule has 154 valence electrons. The third-order valence-corrected chi connectivity index (χ3v) is 5.14. The van der Waals surface area contributed by atoms with E-state index in [0.29, 0.717) is 22.6 Å². The molecular weight excluding hydrogens is 382 g/mol. The number of anilines is 1. The first-order chi connectivity index (χ1) is 14.3. The minimum Gasteiger partial charge on any atom is -0.343 e. The highest BCUT2D eigenvalue weighted by Crippen LogP contribution is 2.24. The lowest BCUT2D eigenvalue weighted by Gasteiger charge is -2.08. The summed E-state index contributed by atoms with van der Waals surface area (Å²) < 4.78 is 3.38. The van der Waals surface area contributed by atoms with Crippen LogP contribution in [-0.4, -0.2) is 44.9 Å². The van der Waals surface area contributed by atoms with Gasteiger partial charge >= 0.3 is 0 Å². The van der Waals surface area contributed by atoms with Crippen LogP contribution in [0.5, 0.6) is 0 Å². The molecule has 0 saturated carbocycles. The predicted molar refractivity (Wildman–Crippen MR) is 115 cm³/mol. The molecule has 0 saturated heterocycles. The van der Waals surface area contributed by atoms with Crippen LogP contribution in [0.3, 0.4) is 0 Å². The Kier molecular flexibility index (Phi) is 5.85. The fraction of sp³-hybridized carbons (Fsp3) is 0.273. The first-order valence-corrected chi connectivity index (χ1v) is 9.37. The van der Waals surface area contributed by atoms with Crippen LogP contribution in [0.4, 0.5) is 5.69 Å². The molecule has 0 aliphatic rings. The molecule has 0 unspecified atom stereocenters. The average molecular weight is 405 g/mol. The van der Waals surface area contributed by atoms with Crippen LogP contribution in [0.25, 0.3) is 10.9 Å². The van der Waals surface area contributed by atoms with Crippen molar-refractivity contribution in [2.75, 3.05) is 18.4 Å². The lowest BCUT2D eigenvalue weighted by atomic mass is 10.0. The predicted octanol–water partition coefficient (Wildman–Crippen LogP) is 1.76. The SMILES string of the molecule is C#CCNCC(=O)C(=O)c1c(C)c(C(=O)Nc2ccc3c(cnn3C)c2)n(C)c1C. The maximum Gasteiger partial charge on any atom is 0.272 e. The average Bonchev–Trinajstić information content (AvgIpc) is 3.18. The summed E-state index contributed by atoms with van der Waals surface area (Å²) in [5.41, 5.74) is 3.15. The molecule has 3 aromatic rings. The van der Waals surface area contributed by atoms with Crippen molar-refractivity contribution in [2.24, 2.45) is 14.1 Å². The number of nitrogens with one attached hydrogen (secondary N) is 2. The topological polar surface area (TPSA) is 98.0 Å². The number of benzene rings is 1. The molecular formula is C22H23N5O3. The van der Waals surface area contributed by atoms with E-state index in [0.717, 1.165) is 10.9 Å². The minimum atomic E-state index is -0.638.